The van der Waals surface area contributed by atoms with Crippen LogP contribution in [0.15, 0.2) is 60.9 Å². The van der Waals surface area contributed by atoms with Crippen molar-refractivity contribution in [1.29, 1.82) is 0 Å². The van der Waals surface area contributed by atoms with Gasteiger partial charge in [0.25, 0.3) is 0 Å². The first kappa shape index (κ1) is 24.0. The maximum absolute atomic E-state index is 12.4. The van der Waals surface area contributed by atoms with Gasteiger partial charge in [0.2, 0.25) is 5.91 Å². The van der Waals surface area contributed by atoms with Crippen LogP contribution in [-0.4, -0.2) is 58.7 Å². The zero-order valence-corrected chi connectivity index (χ0v) is 19.3. The first-order chi connectivity index (χ1) is 16.9. The van der Waals surface area contributed by atoms with E-state index < -0.39 is 30.1 Å². The second kappa shape index (κ2) is 10.4. The molecular formula is C25H26N4O6. The number of aromatic nitrogens is 2. The number of hydrogen-bond acceptors (Lipinski definition) is 6. The van der Waals surface area contributed by atoms with Gasteiger partial charge in [-0.3, -0.25) is 14.8 Å². The van der Waals surface area contributed by atoms with Gasteiger partial charge in [-0.25, -0.2) is 9.59 Å². The summed E-state index contributed by atoms with van der Waals surface area (Å²) in [5, 5.41) is 18.3. The fraction of sp³-hybridized carbons (Fsp3) is 0.280. The predicted molar refractivity (Wildman–Crippen MR) is 127 cm³/mol. The van der Waals surface area contributed by atoms with E-state index in [1.165, 1.54) is 24.2 Å². The predicted octanol–water partition coefficient (Wildman–Crippen LogP) is 2.85. The topological polar surface area (TPSA) is 132 Å². The van der Waals surface area contributed by atoms with Crippen molar-refractivity contribution in [2.75, 3.05) is 19.0 Å². The summed E-state index contributed by atoms with van der Waals surface area (Å²) in [4.78, 5) is 36.0. The number of aliphatic carboxylic acids is 1. The van der Waals surface area contributed by atoms with Crippen molar-refractivity contribution in [3.63, 3.8) is 0 Å². The summed E-state index contributed by atoms with van der Waals surface area (Å²) in [6.45, 7) is 1.49. The third-order valence-corrected chi connectivity index (χ3v) is 5.95. The van der Waals surface area contributed by atoms with Crippen LogP contribution < -0.4 is 10.6 Å². The number of nitrogens with zero attached hydrogens (tertiary/aromatic N) is 2. The molecule has 0 fully saturated rings. The molecule has 182 valence electrons. The molecule has 0 aliphatic heterocycles. The Labute approximate surface area is 201 Å². The second-order valence-corrected chi connectivity index (χ2v) is 8.20. The van der Waals surface area contributed by atoms with Gasteiger partial charge in [0, 0.05) is 19.2 Å². The Bertz CT molecular complexity index is 1190. The lowest BCUT2D eigenvalue weighted by molar-refractivity contribution is -0.145. The van der Waals surface area contributed by atoms with Gasteiger partial charge < -0.3 is 19.9 Å². The monoisotopic (exact) mass is 478 g/mol. The largest absolute Gasteiger partial charge is 0.480 e. The first-order valence-corrected chi connectivity index (χ1v) is 11.1. The number of fused-ring (bicyclic) bond motifs is 3. The van der Waals surface area contributed by atoms with Crippen LogP contribution >= 0.6 is 0 Å². The Morgan fingerprint density at radius 2 is 1.71 bits per heavy atom. The van der Waals surface area contributed by atoms with Crippen LogP contribution in [0.3, 0.4) is 0 Å². The maximum atomic E-state index is 12.4. The zero-order valence-electron chi connectivity index (χ0n) is 19.3. The van der Waals surface area contributed by atoms with Gasteiger partial charge >= 0.3 is 12.1 Å². The lowest BCUT2D eigenvalue weighted by Gasteiger charge is -2.20. The molecular weight excluding hydrogens is 452 g/mol. The van der Waals surface area contributed by atoms with E-state index in [1.54, 1.807) is 6.92 Å². The van der Waals surface area contributed by atoms with Crippen molar-refractivity contribution >= 4 is 23.7 Å². The number of rotatable bonds is 9. The minimum Gasteiger partial charge on any atom is -0.480 e. The number of ether oxygens (including phenoxy) is 2. The van der Waals surface area contributed by atoms with Crippen LogP contribution in [-0.2, 0) is 25.6 Å². The van der Waals surface area contributed by atoms with E-state index in [0.717, 1.165) is 22.3 Å². The van der Waals surface area contributed by atoms with E-state index >= 15 is 0 Å². The molecule has 2 atom stereocenters. The normalized spacial score (nSPS) is 13.9. The van der Waals surface area contributed by atoms with Crippen molar-refractivity contribution in [1.82, 2.24) is 15.1 Å². The molecule has 0 saturated carbocycles. The number of benzene rings is 2. The van der Waals surface area contributed by atoms with Gasteiger partial charge in [0.05, 0.1) is 18.0 Å². The number of nitrogens with one attached hydrogen (secondary N) is 2. The van der Waals surface area contributed by atoms with E-state index in [0.29, 0.717) is 5.69 Å². The molecule has 4 rings (SSSR count). The molecule has 0 radical (unpaired) electrons. The Kier molecular flexibility index (Phi) is 7.11. The summed E-state index contributed by atoms with van der Waals surface area (Å²) in [5.74, 6) is -1.82. The van der Waals surface area contributed by atoms with E-state index in [-0.39, 0.29) is 19.1 Å². The molecule has 10 heteroatoms. The third kappa shape index (κ3) is 5.33. The van der Waals surface area contributed by atoms with Gasteiger partial charge in [-0.05, 0) is 29.2 Å². The summed E-state index contributed by atoms with van der Waals surface area (Å²) in [7, 11) is 1.36. The summed E-state index contributed by atoms with van der Waals surface area (Å²) in [6, 6.07) is 14.9. The molecule has 0 spiro atoms. The fourth-order valence-corrected chi connectivity index (χ4v) is 4.15. The maximum Gasteiger partial charge on any atom is 0.411 e. The molecule has 1 aromatic heterocycles. The van der Waals surface area contributed by atoms with E-state index in [9.17, 15) is 19.5 Å². The molecule has 0 saturated heterocycles. The minimum absolute atomic E-state index is 0.0590. The molecule has 10 nitrogen and oxygen atoms in total. The van der Waals surface area contributed by atoms with E-state index in [1.807, 2.05) is 36.4 Å². The lowest BCUT2D eigenvalue weighted by Crippen LogP contribution is -2.49. The Hall–Kier alpha value is -4.18. The van der Waals surface area contributed by atoms with E-state index in [4.69, 9.17) is 9.47 Å². The number of carboxylic acids is 1. The highest BCUT2D eigenvalue weighted by atomic mass is 16.5. The molecule has 2 aromatic carbocycles. The second-order valence-electron chi connectivity index (χ2n) is 8.20. The zero-order chi connectivity index (χ0) is 24.9. The van der Waals surface area contributed by atoms with E-state index in [2.05, 4.69) is 27.9 Å². The van der Waals surface area contributed by atoms with Crippen molar-refractivity contribution in [3.05, 3.63) is 72.1 Å². The summed E-state index contributed by atoms with van der Waals surface area (Å²) >= 11 is 0. The van der Waals surface area contributed by atoms with Crippen LogP contribution in [0.2, 0.25) is 0 Å². The highest BCUT2D eigenvalue weighted by Gasteiger charge is 2.29. The summed E-state index contributed by atoms with van der Waals surface area (Å²) < 4.78 is 11.8. The van der Waals surface area contributed by atoms with Crippen molar-refractivity contribution < 1.29 is 29.0 Å². The average Bonchev–Trinajstić information content (AvgIpc) is 3.42. The lowest BCUT2D eigenvalue weighted by atomic mass is 9.98. The van der Waals surface area contributed by atoms with Crippen molar-refractivity contribution in [2.24, 2.45) is 0 Å². The number of anilines is 1. The quantitative estimate of drug-likeness (QED) is 0.431. The van der Waals surface area contributed by atoms with Gasteiger partial charge in [0.15, 0.2) is 6.04 Å². The number of carbonyl (C=O) groups is 3. The Morgan fingerprint density at radius 3 is 2.31 bits per heavy atom. The smallest absolute Gasteiger partial charge is 0.411 e. The Balaban J connectivity index is 1.32. The molecule has 0 bridgehead atoms. The molecule has 3 aromatic rings. The van der Waals surface area contributed by atoms with Gasteiger partial charge in [-0.1, -0.05) is 48.5 Å². The number of hydrogen-bond donors (Lipinski definition) is 3. The SMILES string of the molecule is CO[C@H](C)[C@H](NC(=O)Cn1cc(NC(=O)OCC2c3ccccc3-c3ccccc32)cn1)C(=O)O. The van der Waals surface area contributed by atoms with Crippen LogP contribution in [0.4, 0.5) is 10.5 Å². The molecule has 2 amide bonds. The Morgan fingerprint density at radius 1 is 1.09 bits per heavy atom. The van der Waals surface area contributed by atoms with Gasteiger partial charge in [-0.15, -0.1) is 0 Å². The molecule has 0 unspecified atom stereocenters. The average molecular weight is 479 g/mol. The first-order valence-electron chi connectivity index (χ1n) is 11.1. The van der Waals surface area contributed by atoms with Crippen LogP contribution in [0.25, 0.3) is 11.1 Å². The van der Waals surface area contributed by atoms with Crippen molar-refractivity contribution in [2.45, 2.75) is 31.5 Å². The van der Waals surface area contributed by atoms with Crippen LogP contribution in [0.5, 0.6) is 0 Å². The number of methoxy groups -OCH3 is 1. The molecule has 1 aliphatic rings. The highest BCUT2D eigenvalue weighted by Crippen LogP contribution is 2.44. The minimum atomic E-state index is -1.20. The standard InChI is InChI=1S/C25H26N4O6/c1-15(34-2)23(24(31)32)28-22(30)13-29-12-16(11-26-29)27-25(33)35-14-21-19-9-5-3-7-17(19)18-8-4-6-10-20(18)21/h3-12,15,21,23H,13-14H2,1-2H3,(H,27,33)(H,28,30)(H,31,32)/t15-,23+/m1/s1. The molecule has 1 heterocycles. The summed E-state index contributed by atoms with van der Waals surface area (Å²) in [6.07, 6.45) is 1.48. The highest BCUT2D eigenvalue weighted by molar-refractivity contribution is 5.85. The number of amides is 2. The summed E-state index contributed by atoms with van der Waals surface area (Å²) in [5.41, 5.74) is 4.85. The van der Waals surface area contributed by atoms with Gasteiger partial charge in [0.1, 0.15) is 13.2 Å². The molecule has 35 heavy (non-hydrogen) atoms. The number of carboxylic acid groups (broad SMARTS) is 1. The van der Waals surface area contributed by atoms with Gasteiger partial charge in [-0.2, -0.15) is 5.10 Å². The molecule has 3 N–H and O–H groups in total. The van der Waals surface area contributed by atoms with Crippen LogP contribution in [0.1, 0.15) is 24.0 Å². The van der Waals surface area contributed by atoms with Crippen molar-refractivity contribution in [3.8, 4) is 11.1 Å². The molecule has 1 aliphatic carbocycles. The third-order valence-electron chi connectivity index (χ3n) is 5.95. The fourth-order valence-electron chi connectivity index (χ4n) is 4.15. The van der Waals surface area contributed by atoms with Crippen LogP contribution in [0, 0.1) is 0 Å². The number of carbonyl (C=O) groups excluding carboxylic acids is 2.